The largest absolute Gasteiger partial charge is 0.497 e. The highest BCUT2D eigenvalue weighted by atomic mass is 16.5. The van der Waals surface area contributed by atoms with Gasteiger partial charge in [-0.3, -0.25) is 4.90 Å². The molecular weight excluding hydrogens is 374 g/mol. The molecule has 0 heterocycles. The first-order valence-electron chi connectivity index (χ1n) is 10.4. The van der Waals surface area contributed by atoms with Gasteiger partial charge >= 0.3 is 0 Å². The van der Waals surface area contributed by atoms with Gasteiger partial charge in [0.25, 0.3) is 0 Å². The van der Waals surface area contributed by atoms with Gasteiger partial charge in [0.15, 0.2) is 0 Å². The van der Waals surface area contributed by atoms with Crippen molar-refractivity contribution in [1.82, 2.24) is 4.90 Å². The second kappa shape index (κ2) is 11.5. The van der Waals surface area contributed by atoms with Crippen LogP contribution in [0.15, 0.2) is 84.9 Å². The molecule has 3 rings (SSSR count). The molecule has 0 bridgehead atoms. The summed E-state index contributed by atoms with van der Waals surface area (Å²) in [5.41, 5.74) is 3.54. The fourth-order valence-electron chi connectivity index (χ4n) is 3.48. The van der Waals surface area contributed by atoms with Crippen LogP contribution in [-0.2, 0) is 24.4 Å². The van der Waals surface area contributed by atoms with E-state index >= 15 is 0 Å². The third-order valence-corrected chi connectivity index (χ3v) is 5.37. The summed E-state index contributed by atoms with van der Waals surface area (Å²) in [6.07, 6.45) is -0.292. The molecule has 1 N–H and O–H groups in total. The molecule has 30 heavy (non-hydrogen) atoms. The molecule has 0 aliphatic carbocycles. The zero-order valence-corrected chi connectivity index (χ0v) is 17.8. The van der Waals surface area contributed by atoms with E-state index < -0.39 is 0 Å². The van der Waals surface area contributed by atoms with Crippen molar-refractivity contribution < 1.29 is 14.6 Å². The summed E-state index contributed by atoms with van der Waals surface area (Å²) in [5.74, 6) is 0.822. The van der Waals surface area contributed by atoms with Gasteiger partial charge in [-0.1, -0.05) is 72.8 Å². The SMILES string of the molecule is COc1ccc(CO[C@@H](CO)[C@H](C)N(Cc2ccccc2)Cc2ccccc2)cc1. The molecule has 158 valence electrons. The van der Waals surface area contributed by atoms with Crippen LogP contribution in [-0.4, -0.2) is 35.9 Å². The van der Waals surface area contributed by atoms with Crippen LogP contribution >= 0.6 is 0 Å². The summed E-state index contributed by atoms with van der Waals surface area (Å²) in [7, 11) is 1.66. The van der Waals surface area contributed by atoms with Crippen LogP contribution in [0.2, 0.25) is 0 Å². The number of hydrogen-bond acceptors (Lipinski definition) is 4. The summed E-state index contributed by atoms with van der Waals surface area (Å²) < 4.78 is 11.3. The standard InChI is InChI=1S/C26H31NO3/c1-21(26(19-28)30-20-24-13-15-25(29-2)16-14-24)27(17-22-9-5-3-6-10-22)18-23-11-7-4-8-12-23/h3-16,21,26,28H,17-20H2,1-2H3/t21-,26-/m0/s1. The summed E-state index contributed by atoms with van der Waals surface area (Å²) in [6.45, 7) is 4.13. The average Bonchev–Trinajstić information content (AvgIpc) is 2.80. The maximum atomic E-state index is 10.1. The second-order valence-electron chi connectivity index (χ2n) is 7.50. The number of methoxy groups -OCH3 is 1. The summed E-state index contributed by atoms with van der Waals surface area (Å²) in [5, 5.41) is 10.1. The Morgan fingerprint density at radius 3 is 1.77 bits per heavy atom. The number of aliphatic hydroxyl groups is 1. The van der Waals surface area contributed by atoms with Crippen molar-refractivity contribution in [3.05, 3.63) is 102 Å². The molecule has 0 amide bonds. The van der Waals surface area contributed by atoms with E-state index in [0.717, 1.165) is 24.4 Å². The van der Waals surface area contributed by atoms with Crippen molar-refractivity contribution >= 4 is 0 Å². The first-order valence-corrected chi connectivity index (χ1v) is 10.4. The maximum Gasteiger partial charge on any atom is 0.118 e. The normalized spacial score (nSPS) is 13.2. The van der Waals surface area contributed by atoms with Crippen molar-refractivity contribution in [1.29, 1.82) is 0 Å². The van der Waals surface area contributed by atoms with E-state index in [2.05, 4.69) is 60.4 Å². The quantitative estimate of drug-likeness (QED) is 0.504. The molecule has 0 radical (unpaired) electrons. The molecule has 2 atom stereocenters. The van der Waals surface area contributed by atoms with Crippen LogP contribution in [0.1, 0.15) is 23.6 Å². The van der Waals surface area contributed by atoms with Crippen LogP contribution in [0.25, 0.3) is 0 Å². The molecule has 0 spiro atoms. The van der Waals surface area contributed by atoms with Crippen molar-refractivity contribution in [2.45, 2.75) is 38.8 Å². The topological polar surface area (TPSA) is 41.9 Å². The number of hydrogen-bond donors (Lipinski definition) is 1. The van der Waals surface area contributed by atoms with Gasteiger partial charge in [0.2, 0.25) is 0 Å². The number of ether oxygens (including phenoxy) is 2. The molecule has 0 aliphatic rings. The lowest BCUT2D eigenvalue weighted by atomic mass is 10.1. The van der Waals surface area contributed by atoms with Gasteiger partial charge in [-0.05, 0) is 35.7 Å². The van der Waals surface area contributed by atoms with Gasteiger partial charge in [0.05, 0.1) is 26.4 Å². The Morgan fingerprint density at radius 1 is 0.767 bits per heavy atom. The minimum absolute atomic E-state index is 0.0304. The molecule has 0 saturated carbocycles. The Labute approximate surface area is 179 Å². The Balaban J connectivity index is 1.70. The van der Waals surface area contributed by atoms with Crippen LogP contribution in [0.5, 0.6) is 5.75 Å². The van der Waals surface area contributed by atoms with Crippen molar-refractivity contribution in [2.75, 3.05) is 13.7 Å². The van der Waals surface area contributed by atoms with Gasteiger partial charge in [-0.25, -0.2) is 0 Å². The molecule has 0 saturated heterocycles. The fourth-order valence-corrected chi connectivity index (χ4v) is 3.48. The van der Waals surface area contributed by atoms with Crippen LogP contribution in [0.4, 0.5) is 0 Å². The highest BCUT2D eigenvalue weighted by Crippen LogP contribution is 2.19. The second-order valence-corrected chi connectivity index (χ2v) is 7.50. The van der Waals surface area contributed by atoms with E-state index in [4.69, 9.17) is 9.47 Å². The van der Waals surface area contributed by atoms with Gasteiger partial charge in [0.1, 0.15) is 5.75 Å². The number of nitrogens with zero attached hydrogens (tertiary/aromatic N) is 1. The fraction of sp³-hybridized carbons (Fsp3) is 0.308. The summed E-state index contributed by atoms with van der Waals surface area (Å²) >= 11 is 0. The molecule has 0 aliphatic heterocycles. The smallest absolute Gasteiger partial charge is 0.118 e. The Hall–Kier alpha value is -2.66. The molecule has 4 nitrogen and oxygen atoms in total. The van der Waals surface area contributed by atoms with E-state index in [9.17, 15) is 5.11 Å². The van der Waals surface area contributed by atoms with Gasteiger partial charge < -0.3 is 14.6 Å². The van der Waals surface area contributed by atoms with E-state index in [1.54, 1.807) is 7.11 Å². The predicted octanol–water partition coefficient (Wildman–Crippen LogP) is 4.66. The van der Waals surface area contributed by atoms with E-state index in [-0.39, 0.29) is 18.8 Å². The first kappa shape index (κ1) is 22.0. The van der Waals surface area contributed by atoms with Crippen molar-refractivity contribution in [3.63, 3.8) is 0 Å². The highest BCUT2D eigenvalue weighted by molar-refractivity contribution is 5.26. The molecule has 0 unspecified atom stereocenters. The highest BCUT2D eigenvalue weighted by Gasteiger charge is 2.24. The van der Waals surface area contributed by atoms with Crippen LogP contribution in [0, 0.1) is 0 Å². The van der Waals surface area contributed by atoms with E-state index in [0.29, 0.717) is 6.61 Å². The average molecular weight is 406 g/mol. The van der Waals surface area contributed by atoms with E-state index in [1.807, 2.05) is 36.4 Å². The van der Waals surface area contributed by atoms with Crippen LogP contribution < -0.4 is 4.74 Å². The Morgan fingerprint density at radius 2 is 1.30 bits per heavy atom. The zero-order valence-electron chi connectivity index (χ0n) is 17.8. The maximum absolute atomic E-state index is 10.1. The number of rotatable bonds is 11. The minimum Gasteiger partial charge on any atom is -0.497 e. The lowest BCUT2D eigenvalue weighted by molar-refractivity contribution is -0.0506. The van der Waals surface area contributed by atoms with Gasteiger partial charge in [0, 0.05) is 19.1 Å². The molecule has 3 aromatic carbocycles. The van der Waals surface area contributed by atoms with Crippen molar-refractivity contribution in [3.8, 4) is 5.75 Å². The van der Waals surface area contributed by atoms with Gasteiger partial charge in [-0.15, -0.1) is 0 Å². The molecule has 3 aromatic rings. The lowest BCUT2D eigenvalue weighted by Gasteiger charge is -2.34. The number of aliphatic hydroxyl groups excluding tert-OH is 1. The van der Waals surface area contributed by atoms with Crippen LogP contribution in [0.3, 0.4) is 0 Å². The number of benzene rings is 3. The molecule has 0 aromatic heterocycles. The molecule has 4 heteroatoms. The molecular formula is C26H31NO3. The predicted molar refractivity (Wildman–Crippen MR) is 120 cm³/mol. The summed E-state index contributed by atoms with van der Waals surface area (Å²) in [6, 6.07) is 28.7. The van der Waals surface area contributed by atoms with Crippen molar-refractivity contribution in [2.24, 2.45) is 0 Å². The Kier molecular flexibility index (Phi) is 8.45. The van der Waals surface area contributed by atoms with Gasteiger partial charge in [-0.2, -0.15) is 0 Å². The first-order chi connectivity index (χ1) is 14.7. The summed E-state index contributed by atoms with van der Waals surface area (Å²) in [4.78, 5) is 2.36. The Bertz CT molecular complexity index is 811. The third kappa shape index (κ3) is 6.42. The third-order valence-electron chi connectivity index (χ3n) is 5.37. The monoisotopic (exact) mass is 405 g/mol. The zero-order chi connectivity index (χ0) is 21.2. The molecule has 0 fully saturated rings. The van der Waals surface area contributed by atoms with E-state index in [1.165, 1.54) is 11.1 Å². The minimum atomic E-state index is -0.292. The lowest BCUT2D eigenvalue weighted by Crippen LogP contribution is -2.43.